The molecular formula is C18H21FN4O. The van der Waals surface area contributed by atoms with Gasteiger partial charge < -0.3 is 9.80 Å². The fourth-order valence-electron chi connectivity index (χ4n) is 3.63. The molecule has 0 radical (unpaired) electrons. The molecule has 1 aliphatic heterocycles. The first-order valence-corrected chi connectivity index (χ1v) is 8.58. The van der Waals surface area contributed by atoms with Crippen LogP contribution in [0, 0.1) is 5.82 Å². The van der Waals surface area contributed by atoms with Crippen molar-refractivity contribution in [2.75, 3.05) is 31.1 Å². The molecule has 2 heterocycles. The Labute approximate surface area is 140 Å². The first kappa shape index (κ1) is 15.2. The van der Waals surface area contributed by atoms with E-state index in [1.807, 2.05) is 4.90 Å². The van der Waals surface area contributed by atoms with Crippen LogP contribution in [0.4, 0.5) is 10.1 Å². The van der Waals surface area contributed by atoms with Crippen molar-refractivity contribution in [3.05, 3.63) is 47.0 Å². The molecule has 1 aromatic carbocycles. The number of aromatic nitrogens is 2. The van der Waals surface area contributed by atoms with Gasteiger partial charge in [-0.25, -0.2) is 4.39 Å². The number of aryl methyl sites for hydroxylation is 1. The number of rotatable bonds is 2. The Balaban J connectivity index is 1.43. The highest BCUT2D eigenvalue weighted by Crippen LogP contribution is 2.24. The van der Waals surface area contributed by atoms with E-state index in [2.05, 4.69) is 15.1 Å². The zero-order valence-electron chi connectivity index (χ0n) is 13.6. The number of carbonyl (C=O) groups excluding carboxylic acids is 1. The molecule has 1 saturated heterocycles. The Morgan fingerprint density at radius 3 is 2.50 bits per heavy atom. The Bertz CT molecular complexity index is 732. The second kappa shape index (κ2) is 6.26. The van der Waals surface area contributed by atoms with Crippen molar-refractivity contribution in [2.24, 2.45) is 0 Å². The van der Waals surface area contributed by atoms with Crippen LogP contribution in [0.5, 0.6) is 0 Å². The molecule has 1 aromatic heterocycles. The number of benzene rings is 1. The Morgan fingerprint density at radius 2 is 1.75 bits per heavy atom. The third-order valence-corrected chi connectivity index (χ3v) is 5.02. The van der Waals surface area contributed by atoms with Crippen molar-refractivity contribution in [3.8, 4) is 0 Å². The van der Waals surface area contributed by atoms with Crippen LogP contribution in [0.2, 0.25) is 0 Å². The Hall–Kier alpha value is -2.37. The highest BCUT2D eigenvalue weighted by Gasteiger charge is 2.28. The summed E-state index contributed by atoms with van der Waals surface area (Å²) in [5.41, 5.74) is 3.86. The molecule has 126 valence electrons. The van der Waals surface area contributed by atoms with E-state index in [0.717, 1.165) is 49.3 Å². The number of nitrogens with one attached hydrogen (secondary N) is 1. The molecule has 1 N–H and O–H groups in total. The molecule has 0 unspecified atom stereocenters. The van der Waals surface area contributed by atoms with E-state index >= 15 is 0 Å². The van der Waals surface area contributed by atoms with Crippen molar-refractivity contribution in [2.45, 2.75) is 25.7 Å². The van der Waals surface area contributed by atoms with Crippen molar-refractivity contribution in [1.29, 1.82) is 0 Å². The maximum absolute atomic E-state index is 13.0. The molecule has 24 heavy (non-hydrogen) atoms. The lowest BCUT2D eigenvalue weighted by atomic mass is 9.95. The van der Waals surface area contributed by atoms with Gasteiger partial charge in [0.15, 0.2) is 5.69 Å². The van der Waals surface area contributed by atoms with Gasteiger partial charge in [-0.2, -0.15) is 5.10 Å². The molecule has 4 rings (SSSR count). The van der Waals surface area contributed by atoms with E-state index in [0.29, 0.717) is 18.8 Å². The van der Waals surface area contributed by atoms with Gasteiger partial charge in [0.25, 0.3) is 5.91 Å². The normalized spacial score (nSPS) is 17.7. The Kier molecular flexibility index (Phi) is 3.96. The summed E-state index contributed by atoms with van der Waals surface area (Å²) in [6.07, 6.45) is 4.24. The largest absolute Gasteiger partial charge is 0.368 e. The number of fused-ring (bicyclic) bond motifs is 1. The summed E-state index contributed by atoms with van der Waals surface area (Å²) in [4.78, 5) is 16.9. The van der Waals surface area contributed by atoms with Crippen LogP contribution < -0.4 is 4.90 Å². The van der Waals surface area contributed by atoms with E-state index in [9.17, 15) is 9.18 Å². The van der Waals surface area contributed by atoms with Gasteiger partial charge in [0.05, 0.1) is 0 Å². The smallest absolute Gasteiger partial charge is 0.274 e. The predicted octanol–water partition coefficient (Wildman–Crippen LogP) is 2.39. The quantitative estimate of drug-likeness (QED) is 0.921. The zero-order chi connectivity index (χ0) is 16.5. The first-order chi connectivity index (χ1) is 11.7. The van der Waals surface area contributed by atoms with Crippen LogP contribution in [-0.4, -0.2) is 47.2 Å². The number of halogens is 1. The van der Waals surface area contributed by atoms with Gasteiger partial charge in [0.1, 0.15) is 5.82 Å². The van der Waals surface area contributed by atoms with Crippen LogP contribution in [0.3, 0.4) is 0 Å². The molecule has 6 heteroatoms. The maximum atomic E-state index is 13.0. The Morgan fingerprint density at radius 1 is 1.04 bits per heavy atom. The maximum Gasteiger partial charge on any atom is 0.274 e. The molecule has 5 nitrogen and oxygen atoms in total. The molecule has 0 spiro atoms. The molecule has 1 amide bonds. The number of piperazine rings is 1. The van der Waals surface area contributed by atoms with Crippen molar-refractivity contribution in [3.63, 3.8) is 0 Å². The lowest BCUT2D eigenvalue weighted by Gasteiger charge is -2.36. The van der Waals surface area contributed by atoms with Gasteiger partial charge in [-0.3, -0.25) is 9.89 Å². The van der Waals surface area contributed by atoms with Crippen LogP contribution in [0.1, 0.15) is 34.6 Å². The number of hydrogen-bond donors (Lipinski definition) is 1. The van der Waals surface area contributed by atoms with E-state index in [-0.39, 0.29) is 11.7 Å². The van der Waals surface area contributed by atoms with Crippen LogP contribution in [0.15, 0.2) is 24.3 Å². The number of H-pyrrole nitrogens is 1. The first-order valence-electron chi connectivity index (χ1n) is 8.58. The molecule has 2 aliphatic rings. The molecule has 1 aliphatic carbocycles. The second-order valence-corrected chi connectivity index (χ2v) is 6.49. The summed E-state index contributed by atoms with van der Waals surface area (Å²) in [5, 5.41) is 7.33. The summed E-state index contributed by atoms with van der Waals surface area (Å²) < 4.78 is 13.0. The highest BCUT2D eigenvalue weighted by molar-refractivity contribution is 5.94. The van der Waals surface area contributed by atoms with Gasteiger partial charge in [-0.1, -0.05) is 0 Å². The molecule has 0 saturated carbocycles. The van der Waals surface area contributed by atoms with Gasteiger partial charge in [-0.05, 0) is 49.9 Å². The lowest BCUT2D eigenvalue weighted by molar-refractivity contribution is 0.0739. The summed E-state index contributed by atoms with van der Waals surface area (Å²) >= 11 is 0. The average molecular weight is 328 g/mol. The summed E-state index contributed by atoms with van der Waals surface area (Å²) in [6.45, 7) is 2.84. The third-order valence-electron chi connectivity index (χ3n) is 5.02. The van der Waals surface area contributed by atoms with E-state index < -0.39 is 0 Å². The monoisotopic (exact) mass is 328 g/mol. The van der Waals surface area contributed by atoms with Crippen molar-refractivity contribution in [1.82, 2.24) is 15.1 Å². The minimum atomic E-state index is -0.226. The van der Waals surface area contributed by atoms with Crippen molar-refractivity contribution < 1.29 is 9.18 Å². The number of amides is 1. The van der Waals surface area contributed by atoms with Gasteiger partial charge in [0, 0.05) is 43.1 Å². The number of nitrogens with zero attached hydrogens (tertiary/aromatic N) is 3. The molecule has 0 bridgehead atoms. The predicted molar refractivity (Wildman–Crippen MR) is 89.7 cm³/mol. The van der Waals surface area contributed by atoms with Crippen LogP contribution in [0.25, 0.3) is 0 Å². The minimum Gasteiger partial charge on any atom is -0.368 e. The third kappa shape index (κ3) is 2.77. The summed E-state index contributed by atoms with van der Waals surface area (Å²) in [5.74, 6) is -0.191. The standard InChI is InChI=1S/C18H21FN4O/c19-13-5-7-14(8-6-13)22-9-11-23(12-10-22)18(24)17-15-3-1-2-4-16(15)20-21-17/h5-8H,1-4,9-12H2,(H,20,21). The fourth-order valence-corrected chi connectivity index (χ4v) is 3.63. The second-order valence-electron chi connectivity index (χ2n) is 6.49. The zero-order valence-corrected chi connectivity index (χ0v) is 13.6. The summed E-state index contributed by atoms with van der Waals surface area (Å²) in [6, 6.07) is 6.53. The number of aromatic amines is 1. The molecule has 1 fully saturated rings. The number of hydrogen-bond acceptors (Lipinski definition) is 3. The highest BCUT2D eigenvalue weighted by atomic mass is 19.1. The fraction of sp³-hybridized carbons (Fsp3) is 0.444. The minimum absolute atomic E-state index is 0.0353. The molecular weight excluding hydrogens is 307 g/mol. The van der Waals surface area contributed by atoms with E-state index in [1.165, 1.54) is 18.6 Å². The number of anilines is 1. The number of carbonyl (C=O) groups is 1. The van der Waals surface area contributed by atoms with Gasteiger partial charge >= 0.3 is 0 Å². The summed E-state index contributed by atoms with van der Waals surface area (Å²) in [7, 11) is 0. The molecule has 2 aromatic rings. The van der Waals surface area contributed by atoms with Gasteiger partial charge in [0.2, 0.25) is 0 Å². The lowest BCUT2D eigenvalue weighted by Crippen LogP contribution is -2.49. The average Bonchev–Trinajstić information content (AvgIpc) is 3.06. The van der Waals surface area contributed by atoms with Crippen LogP contribution >= 0.6 is 0 Å². The SMILES string of the molecule is O=C(c1n[nH]c2c1CCCC2)N1CCN(c2ccc(F)cc2)CC1. The van der Waals surface area contributed by atoms with Crippen molar-refractivity contribution >= 4 is 11.6 Å². The van der Waals surface area contributed by atoms with E-state index in [1.54, 1.807) is 12.1 Å². The topological polar surface area (TPSA) is 52.2 Å². The van der Waals surface area contributed by atoms with Crippen LogP contribution in [-0.2, 0) is 12.8 Å². The van der Waals surface area contributed by atoms with Gasteiger partial charge in [-0.15, -0.1) is 0 Å². The van der Waals surface area contributed by atoms with E-state index in [4.69, 9.17) is 0 Å². The molecule has 0 atom stereocenters.